The van der Waals surface area contributed by atoms with Crippen LogP contribution < -0.4 is 15.5 Å². The highest BCUT2D eigenvalue weighted by Crippen LogP contribution is 2.38. The molecule has 0 unspecified atom stereocenters. The van der Waals surface area contributed by atoms with Crippen molar-refractivity contribution in [3.8, 4) is 0 Å². The Morgan fingerprint density at radius 3 is 2.67 bits per heavy atom. The van der Waals surface area contributed by atoms with Crippen molar-refractivity contribution >= 4 is 29.1 Å². The fourth-order valence-electron chi connectivity index (χ4n) is 3.85. The third kappa shape index (κ3) is 3.20. The van der Waals surface area contributed by atoms with Gasteiger partial charge < -0.3 is 20.0 Å². The van der Waals surface area contributed by atoms with Gasteiger partial charge in [0.2, 0.25) is 5.91 Å². The number of nitrogens with zero attached hydrogens (tertiary/aromatic N) is 1. The van der Waals surface area contributed by atoms with Crippen molar-refractivity contribution in [1.29, 1.82) is 0 Å². The molecule has 0 bridgehead atoms. The van der Waals surface area contributed by atoms with E-state index in [1.807, 2.05) is 30.9 Å². The van der Waals surface area contributed by atoms with Gasteiger partial charge in [0.15, 0.2) is 0 Å². The lowest BCUT2D eigenvalue weighted by Crippen LogP contribution is -2.35. The normalized spacial score (nSPS) is 14.9. The number of carbonyl (C=O) groups excluding carboxylic acids is 3. The topological polar surface area (TPSA) is 91.7 Å². The minimum Gasteiger partial charge on any atom is -0.466 e. The van der Waals surface area contributed by atoms with Gasteiger partial charge in [-0.1, -0.05) is 0 Å². The van der Waals surface area contributed by atoms with Crippen LogP contribution in [0.2, 0.25) is 0 Å². The number of carbonyl (C=O) groups is 3. The summed E-state index contributed by atoms with van der Waals surface area (Å²) >= 11 is 0. The molecule has 140 valence electrons. The Morgan fingerprint density at radius 1 is 1.15 bits per heavy atom. The minimum absolute atomic E-state index is 0.0953. The van der Waals surface area contributed by atoms with E-state index in [-0.39, 0.29) is 12.5 Å². The fraction of sp³-hybridized carbons (Fsp3) is 0.350. The molecule has 3 amide bonds. The maximum absolute atomic E-state index is 12.2. The van der Waals surface area contributed by atoms with Gasteiger partial charge in [0.05, 0.1) is 12.1 Å². The van der Waals surface area contributed by atoms with Gasteiger partial charge in [0, 0.05) is 24.3 Å². The summed E-state index contributed by atoms with van der Waals surface area (Å²) in [6, 6.07) is 5.48. The molecular formula is C20H21N3O4. The summed E-state index contributed by atoms with van der Waals surface area (Å²) in [7, 11) is 0. The quantitative estimate of drug-likeness (QED) is 0.812. The van der Waals surface area contributed by atoms with Crippen molar-refractivity contribution in [3.05, 3.63) is 46.4 Å². The molecule has 2 N–H and O–H groups in total. The van der Waals surface area contributed by atoms with Crippen LogP contribution in [0.3, 0.4) is 0 Å². The van der Waals surface area contributed by atoms with Crippen LogP contribution in [0.4, 0.5) is 11.4 Å². The largest absolute Gasteiger partial charge is 0.466 e. The van der Waals surface area contributed by atoms with Gasteiger partial charge in [0.1, 0.15) is 11.5 Å². The van der Waals surface area contributed by atoms with Crippen molar-refractivity contribution in [3.63, 3.8) is 0 Å². The van der Waals surface area contributed by atoms with Gasteiger partial charge in [0.25, 0.3) is 0 Å². The van der Waals surface area contributed by atoms with Crippen molar-refractivity contribution in [2.24, 2.45) is 0 Å². The van der Waals surface area contributed by atoms with Crippen LogP contribution in [0.1, 0.15) is 34.6 Å². The number of aryl methyl sites for hydroxylation is 3. The lowest BCUT2D eigenvalue weighted by molar-refractivity contribution is -0.136. The third-order valence-corrected chi connectivity index (χ3v) is 5.06. The number of amides is 3. The van der Waals surface area contributed by atoms with Crippen LogP contribution in [-0.2, 0) is 33.8 Å². The van der Waals surface area contributed by atoms with Crippen molar-refractivity contribution in [2.45, 2.75) is 39.7 Å². The molecule has 27 heavy (non-hydrogen) atoms. The highest BCUT2D eigenvalue weighted by Gasteiger charge is 2.32. The van der Waals surface area contributed by atoms with Crippen LogP contribution in [0.25, 0.3) is 0 Å². The predicted octanol–water partition coefficient (Wildman–Crippen LogP) is 1.99. The lowest BCUT2D eigenvalue weighted by Gasteiger charge is -2.26. The minimum atomic E-state index is -0.725. The first kappa shape index (κ1) is 17.3. The smallest absolute Gasteiger partial charge is 0.313 e. The second-order valence-corrected chi connectivity index (χ2v) is 7.04. The first-order valence-corrected chi connectivity index (χ1v) is 9.03. The Hall–Kier alpha value is -3.09. The molecular weight excluding hydrogens is 346 g/mol. The molecule has 0 radical (unpaired) electrons. The van der Waals surface area contributed by atoms with Gasteiger partial charge in [-0.3, -0.25) is 14.4 Å². The van der Waals surface area contributed by atoms with E-state index < -0.39 is 11.8 Å². The van der Waals surface area contributed by atoms with Crippen molar-refractivity contribution in [2.75, 3.05) is 16.8 Å². The van der Waals surface area contributed by atoms with E-state index in [0.29, 0.717) is 12.1 Å². The summed E-state index contributed by atoms with van der Waals surface area (Å²) < 4.78 is 5.41. The summed E-state index contributed by atoms with van der Waals surface area (Å²) in [6.07, 6.45) is 2.11. The number of benzene rings is 1. The Bertz CT molecular complexity index is 960. The van der Waals surface area contributed by atoms with Gasteiger partial charge in [-0.25, -0.2) is 0 Å². The second-order valence-electron chi connectivity index (χ2n) is 7.04. The Balaban J connectivity index is 1.44. The SMILES string of the molecule is Cc1cc(CNC(=O)C(=O)Nc2cc3c4c(c2)CC(=O)N4CCC3)c(C)o1. The number of rotatable bonds is 3. The summed E-state index contributed by atoms with van der Waals surface area (Å²) in [6.45, 7) is 4.63. The molecule has 2 aliphatic rings. The number of hydrogen-bond acceptors (Lipinski definition) is 4. The Kier molecular flexibility index (Phi) is 4.22. The van der Waals surface area contributed by atoms with Crippen LogP contribution in [0.5, 0.6) is 0 Å². The van der Waals surface area contributed by atoms with E-state index in [1.54, 1.807) is 6.07 Å². The summed E-state index contributed by atoms with van der Waals surface area (Å²) in [5.74, 6) is 0.145. The van der Waals surface area contributed by atoms with E-state index in [2.05, 4.69) is 10.6 Å². The van der Waals surface area contributed by atoms with Crippen LogP contribution >= 0.6 is 0 Å². The van der Waals surface area contributed by atoms with Crippen LogP contribution in [0, 0.1) is 13.8 Å². The molecule has 0 atom stereocenters. The molecule has 0 saturated heterocycles. The molecule has 7 heteroatoms. The summed E-state index contributed by atoms with van der Waals surface area (Å²) in [5.41, 5.74) is 4.34. The zero-order valence-corrected chi connectivity index (χ0v) is 15.3. The average Bonchev–Trinajstić information content (AvgIpc) is 3.12. The van der Waals surface area contributed by atoms with E-state index in [4.69, 9.17) is 4.42 Å². The zero-order valence-electron chi connectivity index (χ0n) is 15.3. The van der Waals surface area contributed by atoms with E-state index in [9.17, 15) is 14.4 Å². The van der Waals surface area contributed by atoms with Crippen molar-refractivity contribution < 1.29 is 18.8 Å². The lowest BCUT2D eigenvalue weighted by atomic mass is 9.99. The first-order valence-electron chi connectivity index (χ1n) is 9.03. The summed E-state index contributed by atoms with van der Waals surface area (Å²) in [4.78, 5) is 38.3. The average molecular weight is 367 g/mol. The third-order valence-electron chi connectivity index (χ3n) is 5.06. The monoisotopic (exact) mass is 367 g/mol. The Labute approximate surface area is 156 Å². The molecule has 3 heterocycles. The molecule has 0 aliphatic carbocycles. The molecule has 0 fully saturated rings. The predicted molar refractivity (Wildman–Crippen MR) is 99.5 cm³/mol. The van der Waals surface area contributed by atoms with E-state index in [0.717, 1.165) is 53.3 Å². The number of furan rings is 1. The highest BCUT2D eigenvalue weighted by molar-refractivity contribution is 6.39. The maximum Gasteiger partial charge on any atom is 0.313 e. The van der Waals surface area contributed by atoms with Gasteiger partial charge in [-0.05, 0) is 56.0 Å². The molecule has 1 aromatic heterocycles. The number of nitrogens with one attached hydrogen (secondary N) is 2. The maximum atomic E-state index is 12.2. The van der Waals surface area contributed by atoms with Crippen LogP contribution in [-0.4, -0.2) is 24.3 Å². The number of anilines is 2. The van der Waals surface area contributed by atoms with Gasteiger partial charge in [-0.15, -0.1) is 0 Å². The second kappa shape index (κ2) is 6.57. The molecule has 7 nitrogen and oxygen atoms in total. The molecule has 2 aliphatic heterocycles. The zero-order chi connectivity index (χ0) is 19.1. The summed E-state index contributed by atoms with van der Waals surface area (Å²) in [5, 5.41) is 5.26. The van der Waals surface area contributed by atoms with Crippen LogP contribution in [0.15, 0.2) is 22.6 Å². The van der Waals surface area contributed by atoms with Crippen molar-refractivity contribution in [1.82, 2.24) is 5.32 Å². The van der Waals surface area contributed by atoms with Gasteiger partial charge >= 0.3 is 11.8 Å². The van der Waals surface area contributed by atoms with E-state index >= 15 is 0 Å². The highest BCUT2D eigenvalue weighted by atomic mass is 16.3. The van der Waals surface area contributed by atoms with E-state index in [1.165, 1.54) is 0 Å². The first-order chi connectivity index (χ1) is 12.9. The Morgan fingerprint density at radius 2 is 1.93 bits per heavy atom. The molecule has 0 spiro atoms. The molecule has 1 aromatic carbocycles. The molecule has 0 saturated carbocycles. The fourth-order valence-corrected chi connectivity index (χ4v) is 3.85. The standard InChI is InChI=1S/C20H21N3O4/c1-11-6-15(12(2)27-11)10-21-19(25)20(26)22-16-7-13-4-3-5-23-17(24)9-14(8-16)18(13)23/h6-8H,3-5,9-10H2,1-2H3,(H,21,25)(H,22,26). The molecule has 2 aromatic rings. The molecule has 4 rings (SSSR count). The van der Waals surface area contributed by atoms with Gasteiger partial charge in [-0.2, -0.15) is 0 Å². The number of hydrogen-bond donors (Lipinski definition) is 2.